The molecule has 0 unspecified atom stereocenters. The number of nitriles is 1. The summed E-state index contributed by atoms with van der Waals surface area (Å²) in [4.78, 5) is 0. The highest BCUT2D eigenvalue weighted by molar-refractivity contribution is 7.53. The van der Waals surface area contributed by atoms with Gasteiger partial charge < -0.3 is 9.05 Å². The number of hydrogen-bond acceptors (Lipinski definition) is 4. The Kier molecular flexibility index (Phi) is 5.75. The average Bonchev–Trinajstić information content (AvgIpc) is 2.26. The van der Waals surface area contributed by atoms with Gasteiger partial charge in [-0.25, -0.2) is 0 Å². The highest BCUT2D eigenvalue weighted by atomic mass is 31.2. The molecular weight excluding hydrogens is 261 g/mol. The molecule has 5 heteroatoms. The van der Waals surface area contributed by atoms with Gasteiger partial charge in [-0.3, -0.25) is 4.57 Å². The molecule has 0 aliphatic carbocycles. The second-order valence-corrected chi connectivity index (χ2v) is 6.85. The molecule has 0 fully saturated rings. The van der Waals surface area contributed by atoms with Crippen molar-refractivity contribution >= 4 is 7.60 Å². The van der Waals surface area contributed by atoms with Crippen LogP contribution in [0.2, 0.25) is 0 Å². The van der Waals surface area contributed by atoms with Crippen molar-refractivity contribution in [2.45, 2.75) is 46.1 Å². The van der Waals surface area contributed by atoms with Gasteiger partial charge in [-0.2, -0.15) is 5.26 Å². The molecule has 0 atom stereocenters. The van der Waals surface area contributed by atoms with Crippen molar-refractivity contribution < 1.29 is 13.6 Å². The van der Waals surface area contributed by atoms with E-state index in [1.54, 1.807) is 18.2 Å². The summed E-state index contributed by atoms with van der Waals surface area (Å²) in [6.45, 7) is 7.29. The van der Waals surface area contributed by atoms with Gasteiger partial charge in [0.1, 0.15) is 0 Å². The number of hydrogen-bond donors (Lipinski definition) is 0. The molecule has 0 amide bonds. The summed E-state index contributed by atoms with van der Waals surface area (Å²) in [7, 11) is -3.19. The van der Waals surface area contributed by atoms with Crippen molar-refractivity contribution in [3.05, 3.63) is 35.4 Å². The maximum atomic E-state index is 12.7. The van der Waals surface area contributed by atoms with Crippen molar-refractivity contribution in [3.8, 4) is 6.07 Å². The minimum Gasteiger partial charge on any atom is -0.306 e. The molecule has 1 aromatic carbocycles. The van der Waals surface area contributed by atoms with Gasteiger partial charge in [0.2, 0.25) is 0 Å². The Balaban J connectivity index is 2.93. The first-order chi connectivity index (χ1) is 8.84. The van der Waals surface area contributed by atoms with Crippen molar-refractivity contribution in [1.82, 2.24) is 0 Å². The Morgan fingerprint density at radius 2 is 1.79 bits per heavy atom. The van der Waals surface area contributed by atoms with Gasteiger partial charge in [-0.15, -0.1) is 0 Å². The van der Waals surface area contributed by atoms with Crippen LogP contribution in [0.5, 0.6) is 0 Å². The SMILES string of the molecule is CC(C)OP(=O)(Cc1cccc(C#N)c1)OC(C)C. The van der Waals surface area contributed by atoms with Crippen LogP contribution in [0.1, 0.15) is 38.8 Å². The summed E-state index contributed by atoms with van der Waals surface area (Å²) in [5.41, 5.74) is 1.32. The Morgan fingerprint density at radius 3 is 2.26 bits per heavy atom. The number of nitrogens with zero attached hydrogens (tertiary/aromatic N) is 1. The van der Waals surface area contributed by atoms with Gasteiger partial charge in [-0.1, -0.05) is 12.1 Å². The van der Waals surface area contributed by atoms with E-state index in [9.17, 15) is 4.57 Å². The molecule has 0 aliphatic rings. The van der Waals surface area contributed by atoms with Gasteiger partial charge in [0.25, 0.3) is 0 Å². The van der Waals surface area contributed by atoms with Crippen LogP contribution in [-0.4, -0.2) is 12.2 Å². The minimum absolute atomic E-state index is 0.177. The average molecular weight is 281 g/mol. The summed E-state index contributed by atoms with van der Waals surface area (Å²) >= 11 is 0. The molecule has 4 nitrogen and oxygen atoms in total. The van der Waals surface area contributed by atoms with E-state index in [2.05, 4.69) is 6.07 Å². The lowest BCUT2D eigenvalue weighted by atomic mass is 10.2. The van der Waals surface area contributed by atoms with E-state index >= 15 is 0 Å². The van der Waals surface area contributed by atoms with Crippen LogP contribution in [0.15, 0.2) is 24.3 Å². The minimum atomic E-state index is -3.19. The topological polar surface area (TPSA) is 59.3 Å². The summed E-state index contributed by atoms with van der Waals surface area (Å²) < 4.78 is 23.6. The number of rotatable bonds is 6. The predicted octanol–water partition coefficient (Wildman–Crippen LogP) is 4.10. The van der Waals surface area contributed by atoms with E-state index in [0.29, 0.717) is 5.56 Å². The van der Waals surface area contributed by atoms with Gasteiger partial charge in [0.15, 0.2) is 0 Å². The first kappa shape index (κ1) is 15.9. The highest BCUT2D eigenvalue weighted by Crippen LogP contribution is 2.53. The van der Waals surface area contributed by atoms with E-state index in [1.165, 1.54) is 0 Å². The largest absolute Gasteiger partial charge is 0.335 e. The second kappa shape index (κ2) is 6.86. The Morgan fingerprint density at radius 1 is 1.21 bits per heavy atom. The predicted molar refractivity (Wildman–Crippen MR) is 74.9 cm³/mol. The van der Waals surface area contributed by atoms with Crippen LogP contribution in [0.3, 0.4) is 0 Å². The first-order valence-electron chi connectivity index (χ1n) is 6.29. The van der Waals surface area contributed by atoms with Crippen LogP contribution < -0.4 is 0 Å². The lowest BCUT2D eigenvalue weighted by Crippen LogP contribution is -2.09. The third-order valence-corrected chi connectivity index (χ3v) is 4.41. The molecule has 0 bridgehead atoms. The molecule has 104 valence electrons. The Bertz CT molecular complexity index is 492. The van der Waals surface area contributed by atoms with Crippen LogP contribution >= 0.6 is 7.60 Å². The van der Waals surface area contributed by atoms with E-state index < -0.39 is 7.60 Å². The van der Waals surface area contributed by atoms with E-state index in [1.807, 2.05) is 33.8 Å². The van der Waals surface area contributed by atoms with Gasteiger partial charge in [0.05, 0.1) is 30.0 Å². The van der Waals surface area contributed by atoms with Gasteiger partial charge in [-0.05, 0) is 45.4 Å². The smallest absolute Gasteiger partial charge is 0.306 e. The third-order valence-electron chi connectivity index (χ3n) is 2.18. The standard InChI is InChI=1S/C14H20NO3P/c1-11(2)17-19(16,18-12(3)4)10-14-7-5-6-13(8-14)9-15/h5-8,11-12H,10H2,1-4H3. The summed E-state index contributed by atoms with van der Waals surface area (Å²) in [6, 6.07) is 9.07. The van der Waals surface area contributed by atoms with Crippen LogP contribution in [0, 0.1) is 11.3 Å². The number of benzene rings is 1. The van der Waals surface area contributed by atoms with Crippen LogP contribution in [-0.2, 0) is 19.8 Å². The molecule has 0 saturated carbocycles. The Hall–Kier alpha value is -1.14. The van der Waals surface area contributed by atoms with Gasteiger partial charge >= 0.3 is 7.60 Å². The maximum Gasteiger partial charge on any atom is 0.335 e. The van der Waals surface area contributed by atoms with Crippen LogP contribution in [0.25, 0.3) is 0 Å². The molecule has 0 aliphatic heterocycles. The third kappa shape index (κ3) is 5.57. The zero-order valence-electron chi connectivity index (χ0n) is 11.8. The normalized spacial score (nSPS) is 11.8. The highest BCUT2D eigenvalue weighted by Gasteiger charge is 2.28. The zero-order valence-corrected chi connectivity index (χ0v) is 12.7. The molecule has 19 heavy (non-hydrogen) atoms. The molecule has 0 N–H and O–H groups in total. The lowest BCUT2D eigenvalue weighted by Gasteiger charge is -2.22. The first-order valence-corrected chi connectivity index (χ1v) is 8.02. The van der Waals surface area contributed by atoms with Crippen LogP contribution in [0.4, 0.5) is 0 Å². The quantitative estimate of drug-likeness (QED) is 0.736. The fourth-order valence-electron chi connectivity index (χ4n) is 1.70. The van der Waals surface area contributed by atoms with Crippen molar-refractivity contribution in [3.63, 3.8) is 0 Å². The van der Waals surface area contributed by atoms with Crippen molar-refractivity contribution in [2.75, 3.05) is 0 Å². The molecule has 0 radical (unpaired) electrons. The molecule has 0 saturated heterocycles. The van der Waals surface area contributed by atoms with Crippen molar-refractivity contribution in [1.29, 1.82) is 5.26 Å². The molecule has 1 rings (SSSR count). The molecule has 0 spiro atoms. The van der Waals surface area contributed by atoms with Crippen molar-refractivity contribution in [2.24, 2.45) is 0 Å². The summed E-state index contributed by atoms with van der Waals surface area (Å²) in [5, 5.41) is 8.87. The van der Waals surface area contributed by atoms with E-state index in [-0.39, 0.29) is 18.4 Å². The van der Waals surface area contributed by atoms with E-state index in [0.717, 1.165) is 5.56 Å². The molecule has 1 aromatic rings. The summed E-state index contributed by atoms with van der Waals surface area (Å²) in [6.07, 6.45) is -0.175. The second-order valence-electron chi connectivity index (χ2n) is 4.89. The van der Waals surface area contributed by atoms with E-state index in [4.69, 9.17) is 14.3 Å². The van der Waals surface area contributed by atoms with Gasteiger partial charge in [0, 0.05) is 0 Å². The fourth-order valence-corrected chi connectivity index (χ4v) is 3.83. The maximum absolute atomic E-state index is 12.7. The zero-order chi connectivity index (χ0) is 14.5. The molecule has 0 aromatic heterocycles. The Labute approximate surface area is 114 Å². The lowest BCUT2D eigenvalue weighted by molar-refractivity contribution is 0.141. The molecule has 0 heterocycles. The fraction of sp³-hybridized carbons (Fsp3) is 0.500. The molecular formula is C14H20NO3P. The summed E-state index contributed by atoms with van der Waals surface area (Å²) in [5.74, 6) is 0. The monoisotopic (exact) mass is 281 g/mol.